The lowest BCUT2D eigenvalue weighted by atomic mass is 9.84. The predicted molar refractivity (Wildman–Crippen MR) is 57.2 cm³/mol. The van der Waals surface area contributed by atoms with Crippen LogP contribution in [0.1, 0.15) is 29.8 Å². The Kier molecular flexibility index (Phi) is 2.07. The molecule has 0 saturated carbocycles. The van der Waals surface area contributed by atoms with Crippen LogP contribution in [0.5, 0.6) is 0 Å². The van der Waals surface area contributed by atoms with Gasteiger partial charge in [-0.15, -0.1) is 11.8 Å². The third kappa shape index (κ3) is 1.32. The largest absolute Gasteiger partial charge is 0.478 e. The Bertz CT molecular complexity index is 396. The molecule has 1 aliphatic heterocycles. The van der Waals surface area contributed by atoms with Crippen LogP contribution in [-0.2, 0) is 5.41 Å². The van der Waals surface area contributed by atoms with Crippen molar-refractivity contribution in [1.82, 2.24) is 0 Å². The molecule has 3 heteroatoms. The summed E-state index contributed by atoms with van der Waals surface area (Å²) in [7, 11) is 0. The average molecular weight is 208 g/mol. The zero-order valence-electron chi connectivity index (χ0n) is 8.20. The Balaban J connectivity index is 2.66. The maximum atomic E-state index is 11.0. The van der Waals surface area contributed by atoms with Gasteiger partial charge in [0.15, 0.2) is 0 Å². The Morgan fingerprint density at radius 3 is 2.86 bits per heavy atom. The van der Waals surface area contributed by atoms with Crippen molar-refractivity contribution in [2.45, 2.75) is 24.2 Å². The molecule has 0 spiro atoms. The second kappa shape index (κ2) is 3.02. The Labute approximate surface area is 87.3 Å². The van der Waals surface area contributed by atoms with E-state index in [-0.39, 0.29) is 5.41 Å². The van der Waals surface area contributed by atoms with Crippen LogP contribution in [0, 0.1) is 0 Å². The first-order chi connectivity index (χ1) is 6.52. The lowest BCUT2D eigenvalue weighted by Crippen LogP contribution is -2.19. The van der Waals surface area contributed by atoms with Gasteiger partial charge in [0.1, 0.15) is 0 Å². The quantitative estimate of drug-likeness (QED) is 0.771. The minimum Gasteiger partial charge on any atom is -0.478 e. The van der Waals surface area contributed by atoms with Gasteiger partial charge in [0, 0.05) is 16.1 Å². The number of hydrogen-bond donors (Lipinski definition) is 1. The summed E-state index contributed by atoms with van der Waals surface area (Å²) >= 11 is 1.74. The van der Waals surface area contributed by atoms with Gasteiger partial charge in [-0.3, -0.25) is 0 Å². The SMILES string of the molecule is CC1(C)CSc2cccc(C(=O)O)c21. The zero-order chi connectivity index (χ0) is 10.3. The molecule has 1 N–H and O–H groups in total. The fourth-order valence-electron chi connectivity index (χ4n) is 1.86. The number of carboxylic acid groups (broad SMARTS) is 1. The number of carbonyl (C=O) groups is 1. The average Bonchev–Trinajstić information content (AvgIpc) is 2.43. The topological polar surface area (TPSA) is 37.3 Å². The molecule has 0 bridgehead atoms. The van der Waals surface area contributed by atoms with Gasteiger partial charge in [0.05, 0.1) is 5.56 Å². The first-order valence-electron chi connectivity index (χ1n) is 4.52. The van der Waals surface area contributed by atoms with Gasteiger partial charge in [-0.2, -0.15) is 0 Å². The lowest BCUT2D eigenvalue weighted by molar-refractivity contribution is 0.0694. The number of carboxylic acids is 1. The van der Waals surface area contributed by atoms with E-state index in [2.05, 4.69) is 13.8 Å². The fraction of sp³-hybridized carbons (Fsp3) is 0.364. The number of aromatic carboxylic acids is 1. The number of thioether (sulfide) groups is 1. The molecule has 0 fully saturated rings. The molecule has 0 amide bonds. The first-order valence-corrected chi connectivity index (χ1v) is 5.50. The number of fused-ring (bicyclic) bond motifs is 1. The minimum absolute atomic E-state index is 0.0189. The van der Waals surface area contributed by atoms with Crippen molar-refractivity contribution in [2.24, 2.45) is 0 Å². The molecule has 0 saturated heterocycles. The Morgan fingerprint density at radius 2 is 2.21 bits per heavy atom. The summed E-state index contributed by atoms with van der Waals surface area (Å²) < 4.78 is 0. The molecule has 1 aromatic carbocycles. The van der Waals surface area contributed by atoms with E-state index in [0.29, 0.717) is 5.56 Å². The van der Waals surface area contributed by atoms with Crippen molar-refractivity contribution >= 4 is 17.7 Å². The van der Waals surface area contributed by atoms with Crippen molar-refractivity contribution < 1.29 is 9.90 Å². The lowest BCUT2D eigenvalue weighted by Gasteiger charge is -2.19. The van der Waals surface area contributed by atoms with E-state index in [4.69, 9.17) is 5.11 Å². The number of rotatable bonds is 1. The molecule has 74 valence electrons. The van der Waals surface area contributed by atoms with E-state index in [1.807, 2.05) is 12.1 Å². The second-order valence-electron chi connectivity index (χ2n) is 4.16. The Hall–Kier alpha value is -0.960. The van der Waals surface area contributed by atoms with Crippen LogP contribution in [0.2, 0.25) is 0 Å². The molecule has 1 heterocycles. The molecule has 0 unspecified atom stereocenters. The molecule has 2 nitrogen and oxygen atoms in total. The monoisotopic (exact) mass is 208 g/mol. The molecule has 1 aromatic rings. The zero-order valence-corrected chi connectivity index (χ0v) is 9.02. The van der Waals surface area contributed by atoms with Crippen LogP contribution in [0.25, 0.3) is 0 Å². The van der Waals surface area contributed by atoms with Gasteiger partial charge in [-0.1, -0.05) is 19.9 Å². The van der Waals surface area contributed by atoms with Crippen molar-refractivity contribution in [3.05, 3.63) is 29.3 Å². The summed E-state index contributed by atoms with van der Waals surface area (Å²) in [5.74, 6) is 0.143. The molecular formula is C11H12O2S. The highest BCUT2D eigenvalue weighted by Crippen LogP contribution is 2.45. The standard InChI is InChI=1S/C11H12O2S/c1-11(2)6-14-8-5-3-4-7(9(8)11)10(12)13/h3-5H,6H2,1-2H3,(H,12,13). The van der Waals surface area contributed by atoms with E-state index in [1.165, 1.54) is 0 Å². The van der Waals surface area contributed by atoms with Gasteiger partial charge < -0.3 is 5.11 Å². The summed E-state index contributed by atoms with van der Waals surface area (Å²) in [6, 6.07) is 5.51. The van der Waals surface area contributed by atoms with Crippen LogP contribution >= 0.6 is 11.8 Å². The molecule has 0 aliphatic carbocycles. The molecule has 0 aromatic heterocycles. The second-order valence-corrected chi connectivity index (χ2v) is 5.17. The molecule has 2 rings (SSSR count). The highest BCUT2D eigenvalue weighted by molar-refractivity contribution is 7.99. The molecule has 0 radical (unpaired) electrons. The van der Waals surface area contributed by atoms with Crippen molar-refractivity contribution in [1.29, 1.82) is 0 Å². The van der Waals surface area contributed by atoms with Crippen LogP contribution in [0.15, 0.2) is 23.1 Å². The highest BCUT2D eigenvalue weighted by Gasteiger charge is 2.34. The summed E-state index contributed by atoms with van der Waals surface area (Å²) in [6.45, 7) is 4.19. The Morgan fingerprint density at radius 1 is 1.50 bits per heavy atom. The summed E-state index contributed by atoms with van der Waals surface area (Å²) in [6.07, 6.45) is 0. The minimum atomic E-state index is -0.822. The summed E-state index contributed by atoms with van der Waals surface area (Å²) in [4.78, 5) is 12.2. The van der Waals surface area contributed by atoms with Crippen LogP contribution in [-0.4, -0.2) is 16.8 Å². The maximum absolute atomic E-state index is 11.0. The van der Waals surface area contributed by atoms with Crippen LogP contribution in [0.4, 0.5) is 0 Å². The van der Waals surface area contributed by atoms with Crippen LogP contribution < -0.4 is 0 Å². The normalized spacial score (nSPS) is 17.9. The van der Waals surface area contributed by atoms with Gasteiger partial charge in [-0.25, -0.2) is 4.79 Å². The van der Waals surface area contributed by atoms with E-state index < -0.39 is 5.97 Å². The van der Waals surface area contributed by atoms with Crippen molar-refractivity contribution in [3.63, 3.8) is 0 Å². The fourth-order valence-corrected chi connectivity index (χ4v) is 3.22. The highest BCUT2D eigenvalue weighted by atomic mass is 32.2. The van der Waals surface area contributed by atoms with Gasteiger partial charge in [-0.05, 0) is 17.7 Å². The van der Waals surface area contributed by atoms with E-state index >= 15 is 0 Å². The van der Waals surface area contributed by atoms with Crippen LogP contribution in [0.3, 0.4) is 0 Å². The third-order valence-electron chi connectivity index (χ3n) is 2.52. The predicted octanol–water partition coefficient (Wildman–Crippen LogP) is 2.77. The first kappa shape index (κ1) is 9.59. The maximum Gasteiger partial charge on any atom is 0.336 e. The van der Waals surface area contributed by atoms with E-state index in [9.17, 15) is 4.79 Å². The third-order valence-corrected chi connectivity index (χ3v) is 4.04. The summed E-state index contributed by atoms with van der Waals surface area (Å²) in [5.41, 5.74) is 1.43. The smallest absolute Gasteiger partial charge is 0.336 e. The number of benzene rings is 1. The van der Waals surface area contributed by atoms with E-state index in [0.717, 1.165) is 16.2 Å². The summed E-state index contributed by atoms with van der Waals surface area (Å²) in [5, 5.41) is 9.07. The van der Waals surface area contributed by atoms with E-state index in [1.54, 1.807) is 17.8 Å². The molecule has 14 heavy (non-hydrogen) atoms. The van der Waals surface area contributed by atoms with Gasteiger partial charge in [0.25, 0.3) is 0 Å². The van der Waals surface area contributed by atoms with Crippen molar-refractivity contribution in [2.75, 3.05) is 5.75 Å². The van der Waals surface area contributed by atoms with Gasteiger partial charge >= 0.3 is 5.97 Å². The number of hydrogen-bond acceptors (Lipinski definition) is 2. The van der Waals surface area contributed by atoms with Gasteiger partial charge in [0.2, 0.25) is 0 Å². The molecular weight excluding hydrogens is 196 g/mol. The molecule has 0 atom stereocenters. The van der Waals surface area contributed by atoms with Crippen molar-refractivity contribution in [3.8, 4) is 0 Å². The molecule has 1 aliphatic rings.